The monoisotopic (exact) mass is 377 g/mol. The first-order valence-electron chi connectivity index (χ1n) is 10.0. The van der Waals surface area contributed by atoms with Crippen LogP contribution in [0.2, 0.25) is 0 Å². The lowest BCUT2D eigenvalue weighted by Crippen LogP contribution is -2.39. The first-order valence-corrected chi connectivity index (χ1v) is 10.0. The SMILES string of the molecule is CN=C(NCCCOC1CCCCC1)NCCc1ccc(OC)c(OC)c1. The highest BCUT2D eigenvalue weighted by Gasteiger charge is 2.13. The van der Waals surface area contributed by atoms with Gasteiger partial charge in [0.05, 0.1) is 20.3 Å². The second kappa shape index (κ2) is 12.4. The van der Waals surface area contributed by atoms with Crippen LogP contribution in [0.3, 0.4) is 0 Å². The van der Waals surface area contributed by atoms with Crippen LogP contribution in [0.15, 0.2) is 23.2 Å². The summed E-state index contributed by atoms with van der Waals surface area (Å²) < 4.78 is 16.6. The van der Waals surface area contributed by atoms with E-state index in [9.17, 15) is 0 Å². The molecule has 0 aromatic heterocycles. The van der Waals surface area contributed by atoms with Crippen molar-refractivity contribution in [3.63, 3.8) is 0 Å². The van der Waals surface area contributed by atoms with Crippen molar-refractivity contribution in [2.24, 2.45) is 4.99 Å². The molecule has 0 unspecified atom stereocenters. The van der Waals surface area contributed by atoms with Gasteiger partial charge in [-0.3, -0.25) is 4.99 Å². The topological polar surface area (TPSA) is 64.1 Å². The molecule has 1 aromatic rings. The van der Waals surface area contributed by atoms with E-state index in [4.69, 9.17) is 14.2 Å². The summed E-state index contributed by atoms with van der Waals surface area (Å²) in [7, 11) is 5.10. The molecule has 2 N–H and O–H groups in total. The lowest BCUT2D eigenvalue weighted by atomic mass is 9.98. The average molecular weight is 378 g/mol. The van der Waals surface area contributed by atoms with E-state index in [1.165, 1.54) is 37.7 Å². The van der Waals surface area contributed by atoms with E-state index in [0.29, 0.717) is 6.10 Å². The van der Waals surface area contributed by atoms with E-state index in [2.05, 4.69) is 21.7 Å². The van der Waals surface area contributed by atoms with Crippen molar-refractivity contribution in [2.75, 3.05) is 41.0 Å². The van der Waals surface area contributed by atoms with Gasteiger partial charge < -0.3 is 24.8 Å². The molecule has 1 aliphatic rings. The number of hydrogen-bond acceptors (Lipinski definition) is 4. The van der Waals surface area contributed by atoms with Crippen molar-refractivity contribution in [3.05, 3.63) is 23.8 Å². The smallest absolute Gasteiger partial charge is 0.190 e. The highest BCUT2D eigenvalue weighted by atomic mass is 16.5. The maximum Gasteiger partial charge on any atom is 0.190 e. The Morgan fingerprint density at radius 3 is 2.48 bits per heavy atom. The Balaban J connectivity index is 1.61. The van der Waals surface area contributed by atoms with Gasteiger partial charge in [0.1, 0.15) is 0 Å². The summed E-state index contributed by atoms with van der Waals surface area (Å²) in [4.78, 5) is 4.28. The predicted octanol–water partition coefficient (Wildman–Crippen LogP) is 3.15. The van der Waals surface area contributed by atoms with Gasteiger partial charge in [-0.2, -0.15) is 0 Å². The molecule has 0 aliphatic heterocycles. The third-order valence-corrected chi connectivity index (χ3v) is 4.90. The van der Waals surface area contributed by atoms with Crippen LogP contribution in [-0.2, 0) is 11.2 Å². The highest BCUT2D eigenvalue weighted by Crippen LogP contribution is 2.27. The minimum Gasteiger partial charge on any atom is -0.493 e. The predicted molar refractivity (Wildman–Crippen MR) is 110 cm³/mol. The van der Waals surface area contributed by atoms with Gasteiger partial charge in [0.2, 0.25) is 0 Å². The molecular weight excluding hydrogens is 342 g/mol. The molecule has 1 aliphatic carbocycles. The minimum atomic E-state index is 0.484. The second-order valence-electron chi connectivity index (χ2n) is 6.85. The molecule has 27 heavy (non-hydrogen) atoms. The molecule has 1 fully saturated rings. The first-order chi connectivity index (χ1) is 13.3. The van der Waals surface area contributed by atoms with Crippen molar-refractivity contribution in [2.45, 2.75) is 51.0 Å². The summed E-state index contributed by atoms with van der Waals surface area (Å²) in [6.07, 6.45) is 8.82. The molecule has 0 bridgehead atoms. The molecule has 0 saturated heterocycles. The molecule has 0 atom stereocenters. The molecule has 0 heterocycles. The lowest BCUT2D eigenvalue weighted by Gasteiger charge is -2.22. The lowest BCUT2D eigenvalue weighted by molar-refractivity contribution is 0.0277. The minimum absolute atomic E-state index is 0.484. The Kier molecular flexibility index (Phi) is 9.84. The Bertz CT molecular complexity index is 572. The molecule has 6 heteroatoms. The fraction of sp³-hybridized carbons (Fsp3) is 0.667. The Morgan fingerprint density at radius 2 is 1.78 bits per heavy atom. The zero-order chi connectivity index (χ0) is 19.3. The molecular formula is C21H35N3O3. The number of methoxy groups -OCH3 is 2. The van der Waals surface area contributed by atoms with E-state index >= 15 is 0 Å². The van der Waals surface area contributed by atoms with Crippen molar-refractivity contribution < 1.29 is 14.2 Å². The maximum atomic E-state index is 5.96. The highest BCUT2D eigenvalue weighted by molar-refractivity contribution is 5.79. The second-order valence-corrected chi connectivity index (χ2v) is 6.85. The average Bonchev–Trinajstić information content (AvgIpc) is 2.72. The standard InChI is InChI=1S/C21H35N3O3/c1-22-21(23-13-7-15-27-18-8-5-4-6-9-18)24-14-12-17-10-11-19(25-2)20(16-17)26-3/h10-11,16,18H,4-9,12-15H2,1-3H3,(H2,22,23,24). The van der Waals surface area contributed by atoms with Crippen LogP contribution in [0, 0.1) is 0 Å². The van der Waals surface area contributed by atoms with Crippen molar-refractivity contribution in [1.82, 2.24) is 10.6 Å². The molecule has 1 saturated carbocycles. The molecule has 2 rings (SSSR count). The molecule has 1 aromatic carbocycles. The third-order valence-electron chi connectivity index (χ3n) is 4.90. The van der Waals surface area contributed by atoms with Gasteiger partial charge in [0.25, 0.3) is 0 Å². The summed E-state index contributed by atoms with van der Waals surface area (Å²) in [5.74, 6) is 2.34. The Morgan fingerprint density at radius 1 is 1.04 bits per heavy atom. The molecule has 6 nitrogen and oxygen atoms in total. The summed E-state index contributed by atoms with van der Waals surface area (Å²) in [5, 5.41) is 6.70. The number of aliphatic imine (C=N–C) groups is 1. The maximum absolute atomic E-state index is 5.96. The van der Waals surface area contributed by atoms with Gasteiger partial charge >= 0.3 is 0 Å². The molecule has 0 amide bonds. The van der Waals surface area contributed by atoms with E-state index in [1.807, 2.05) is 12.1 Å². The van der Waals surface area contributed by atoms with Crippen LogP contribution in [0.5, 0.6) is 11.5 Å². The molecule has 152 valence electrons. The van der Waals surface area contributed by atoms with E-state index in [0.717, 1.165) is 50.0 Å². The normalized spacial score (nSPS) is 15.4. The van der Waals surface area contributed by atoms with E-state index in [1.54, 1.807) is 21.3 Å². The zero-order valence-electron chi connectivity index (χ0n) is 17.1. The number of nitrogens with zero attached hydrogens (tertiary/aromatic N) is 1. The van der Waals surface area contributed by atoms with Crippen LogP contribution < -0.4 is 20.1 Å². The van der Waals surface area contributed by atoms with Crippen LogP contribution in [0.4, 0.5) is 0 Å². The van der Waals surface area contributed by atoms with Gasteiger partial charge in [0.15, 0.2) is 17.5 Å². The summed E-state index contributed by atoms with van der Waals surface area (Å²) in [6.45, 7) is 2.48. The largest absolute Gasteiger partial charge is 0.493 e. The van der Waals surface area contributed by atoms with Crippen LogP contribution >= 0.6 is 0 Å². The molecule has 0 spiro atoms. The number of nitrogens with one attached hydrogen (secondary N) is 2. The number of ether oxygens (including phenoxy) is 3. The Labute approximate surface area is 163 Å². The van der Waals surface area contributed by atoms with Gasteiger partial charge in [-0.1, -0.05) is 25.3 Å². The number of hydrogen-bond donors (Lipinski definition) is 2. The van der Waals surface area contributed by atoms with E-state index in [-0.39, 0.29) is 0 Å². The fourth-order valence-electron chi connectivity index (χ4n) is 3.34. The number of rotatable bonds is 10. The Hall–Kier alpha value is -1.95. The quantitative estimate of drug-likeness (QED) is 0.373. The summed E-state index contributed by atoms with van der Waals surface area (Å²) >= 11 is 0. The van der Waals surface area contributed by atoms with Gasteiger partial charge in [-0.15, -0.1) is 0 Å². The van der Waals surface area contributed by atoms with E-state index < -0.39 is 0 Å². The van der Waals surface area contributed by atoms with Crippen molar-refractivity contribution in [3.8, 4) is 11.5 Å². The van der Waals surface area contributed by atoms with Crippen molar-refractivity contribution in [1.29, 1.82) is 0 Å². The van der Waals surface area contributed by atoms with Crippen LogP contribution in [0.25, 0.3) is 0 Å². The van der Waals surface area contributed by atoms with Crippen molar-refractivity contribution >= 4 is 5.96 Å². The van der Waals surface area contributed by atoms with Gasteiger partial charge in [-0.05, 0) is 43.4 Å². The number of guanidine groups is 1. The zero-order valence-corrected chi connectivity index (χ0v) is 17.1. The summed E-state index contributed by atoms with van der Waals surface area (Å²) in [5.41, 5.74) is 1.19. The first kappa shape index (κ1) is 21.4. The molecule has 0 radical (unpaired) electrons. The van der Waals surface area contributed by atoms with Crippen LogP contribution in [0.1, 0.15) is 44.1 Å². The van der Waals surface area contributed by atoms with Crippen LogP contribution in [-0.4, -0.2) is 53.0 Å². The fourth-order valence-corrected chi connectivity index (χ4v) is 3.34. The summed E-state index contributed by atoms with van der Waals surface area (Å²) in [6, 6.07) is 6.01. The van der Waals surface area contributed by atoms with Gasteiger partial charge in [0, 0.05) is 26.7 Å². The third kappa shape index (κ3) is 7.67. The van der Waals surface area contributed by atoms with Gasteiger partial charge in [-0.25, -0.2) is 0 Å². The number of benzene rings is 1.